The summed E-state index contributed by atoms with van der Waals surface area (Å²) in [6.45, 7) is -0.00522. The minimum atomic E-state index is -2.91. The Morgan fingerprint density at radius 3 is 2.71 bits per heavy atom. The van der Waals surface area contributed by atoms with Crippen LogP contribution in [-0.4, -0.2) is 48.9 Å². The Morgan fingerprint density at radius 1 is 1.48 bits per heavy atom. The van der Waals surface area contributed by atoms with Crippen LogP contribution in [0, 0.1) is 0 Å². The van der Waals surface area contributed by atoms with E-state index in [0.717, 1.165) is 10.4 Å². The summed E-state index contributed by atoms with van der Waals surface area (Å²) in [5.41, 5.74) is 0.831. The fourth-order valence-electron chi connectivity index (χ4n) is 2.28. The first-order valence-corrected chi connectivity index (χ1v) is 9.45. The van der Waals surface area contributed by atoms with Crippen LogP contribution in [0.5, 0.6) is 0 Å². The number of rotatable bonds is 4. The molecule has 0 radical (unpaired) electrons. The van der Waals surface area contributed by atoms with Gasteiger partial charge in [-0.1, -0.05) is 0 Å². The number of nitrogens with zero attached hydrogens (tertiary/aromatic N) is 1. The van der Waals surface area contributed by atoms with Gasteiger partial charge in [0.15, 0.2) is 0 Å². The summed E-state index contributed by atoms with van der Waals surface area (Å²) in [6, 6.07) is 1.82. The van der Waals surface area contributed by atoms with Crippen LogP contribution in [0.15, 0.2) is 17.5 Å². The third kappa shape index (κ3) is 4.39. The summed E-state index contributed by atoms with van der Waals surface area (Å²) in [7, 11) is -1.20. The molecule has 0 spiro atoms. The Bertz CT molecular complexity index is 619. The van der Waals surface area contributed by atoms with Crippen LogP contribution >= 0.6 is 11.3 Å². The van der Waals surface area contributed by atoms with Gasteiger partial charge >= 0.3 is 0 Å². The van der Waals surface area contributed by atoms with Crippen molar-refractivity contribution in [3.8, 4) is 0 Å². The van der Waals surface area contributed by atoms with E-state index in [1.807, 2.05) is 11.4 Å². The van der Waals surface area contributed by atoms with Gasteiger partial charge in [0.05, 0.1) is 18.1 Å². The number of likely N-dealkylation sites (N-methyl/N-ethyl adjacent to an activating group) is 1. The van der Waals surface area contributed by atoms with Crippen molar-refractivity contribution in [2.75, 3.05) is 18.6 Å². The van der Waals surface area contributed by atoms with E-state index in [4.69, 9.17) is 5.11 Å². The van der Waals surface area contributed by atoms with Crippen molar-refractivity contribution < 1.29 is 18.3 Å². The van der Waals surface area contributed by atoms with Crippen molar-refractivity contribution >= 4 is 33.2 Å². The Balaban J connectivity index is 1.93. The van der Waals surface area contributed by atoms with Gasteiger partial charge in [0.2, 0.25) is 5.91 Å². The summed E-state index contributed by atoms with van der Waals surface area (Å²) >= 11 is 1.47. The van der Waals surface area contributed by atoms with E-state index < -0.39 is 9.84 Å². The molecule has 21 heavy (non-hydrogen) atoms. The summed E-state index contributed by atoms with van der Waals surface area (Å²) in [5, 5.41) is 10.8. The molecule has 5 nitrogen and oxygen atoms in total. The SMILES string of the molecule is CN(C(=O)/C=C/c1cc(CO)cs1)C1CCS(=O)(=O)CC1. The van der Waals surface area contributed by atoms with Crippen molar-refractivity contribution in [3.05, 3.63) is 28.0 Å². The van der Waals surface area contributed by atoms with Gasteiger partial charge in [-0.2, -0.15) is 0 Å². The van der Waals surface area contributed by atoms with Gasteiger partial charge in [-0.05, 0) is 35.9 Å². The van der Waals surface area contributed by atoms with Gasteiger partial charge < -0.3 is 10.0 Å². The zero-order valence-electron chi connectivity index (χ0n) is 11.9. The number of amides is 1. The fourth-order valence-corrected chi connectivity index (χ4v) is 4.54. The third-order valence-electron chi connectivity index (χ3n) is 3.67. The lowest BCUT2D eigenvalue weighted by Gasteiger charge is -2.30. The first-order valence-electron chi connectivity index (χ1n) is 6.75. The first kappa shape index (κ1) is 16.2. The molecule has 1 saturated heterocycles. The summed E-state index contributed by atoms with van der Waals surface area (Å²) in [6.07, 6.45) is 4.23. The van der Waals surface area contributed by atoms with E-state index in [2.05, 4.69) is 0 Å². The number of thiophene rings is 1. The predicted molar refractivity (Wildman–Crippen MR) is 83.7 cm³/mol. The first-order chi connectivity index (χ1) is 9.91. The number of carbonyl (C=O) groups is 1. The number of carbonyl (C=O) groups excluding carboxylic acids is 1. The van der Waals surface area contributed by atoms with E-state index in [-0.39, 0.29) is 30.1 Å². The van der Waals surface area contributed by atoms with Gasteiger partial charge in [-0.3, -0.25) is 4.79 Å². The molecular formula is C14H19NO4S2. The normalized spacial score (nSPS) is 19.0. The van der Waals surface area contributed by atoms with Crippen molar-refractivity contribution in [3.63, 3.8) is 0 Å². The minimum absolute atomic E-state index is 0.00522. The molecular weight excluding hydrogens is 310 g/mol. The number of aliphatic hydroxyl groups is 1. The maximum absolute atomic E-state index is 12.1. The Hall–Kier alpha value is -1.18. The lowest BCUT2D eigenvalue weighted by molar-refractivity contribution is -0.126. The highest BCUT2D eigenvalue weighted by Crippen LogP contribution is 2.19. The van der Waals surface area contributed by atoms with Crippen molar-refractivity contribution in [2.24, 2.45) is 0 Å². The molecule has 0 aliphatic carbocycles. The molecule has 1 aliphatic rings. The second-order valence-corrected chi connectivity index (χ2v) is 8.43. The molecule has 0 aromatic carbocycles. The van der Waals surface area contributed by atoms with Crippen LogP contribution in [0.4, 0.5) is 0 Å². The van der Waals surface area contributed by atoms with Crippen molar-refractivity contribution in [1.82, 2.24) is 4.90 Å². The minimum Gasteiger partial charge on any atom is -0.392 e. The largest absolute Gasteiger partial charge is 0.392 e. The van der Waals surface area contributed by atoms with Gasteiger partial charge in [0, 0.05) is 24.0 Å². The summed E-state index contributed by atoms with van der Waals surface area (Å²) < 4.78 is 22.8. The third-order valence-corrected chi connectivity index (χ3v) is 6.33. The second-order valence-electron chi connectivity index (χ2n) is 5.18. The molecule has 0 atom stereocenters. The van der Waals surface area contributed by atoms with Crippen molar-refractivity contribution in [2.45, 2.75) is 25.5 Å². The topological polar surface area (TPSA) is 74.7 Å². The quantitative estimate of drug-likeness (QED) is 0.845. The average Bonchev–Trinajstić information content (AvgIpc) is 2.92. The number of hydrogen-bond donors (Lipinski definition) is 1. The van der Waals surface area contributed by atoms with E-state index in [1.54, 1.807) is 18.0 Å². The van der Waals surface area contributed by atoms with Crippen LogP contribution < -0.4 is 0 Å². The Morgan fingerprint density at radius 2 is 2.14 bits per heavy atom. The number of sulfone groups is 1. The number of hydrogen-bond acceptors (Lipinski definition) is 5. The lowest BCUT2D eigenvalue weighted by Crippen LogP contribution is -2.41. The molecule has 1 N–H and O–H groups in total. The van der Waals surface area contributed by atoms with Gasteiger partial charge in [0.1, 0.15) is 9.84 Å². The summed E-state index contributed by atoms with van der Waals surface area (Å²) in [4.78, 5) is 14.6. The molecule has 1 fully saturated rings. The number of aliphatic hydroxyl groups excluding tert-OH is 1. The maximum atomic E-state index is 12.1. The molecule has 116 valence electrons. The van der Waals surface area contributed by atoms with E-state index in [0.29, 0.717) is 12.8 Å². The smallest absolute Gasteiger partial charge is 0.246 e. The average molecular weight is 329 g/mol. The second kappa shape index (κ2) is 6.72. The van der Waals surface area contributed by atoms with E-state index in [1.165, 1.54) is 17.4 Å². The molecule has 0 bridgehead atoms. The molecule has 1 aromatic heterocycles. The highest BCUT2D eigenvalue weighted by Gasteiger charge is 2.27. The van der Waals surface area contributed by atoms with Gasteiger partial charge in [-0.15, -0.1) is 11.3 Å². The van der Waals surface area contributed by atoms with E-state index in [9.17, 15) is 13.2 Å². The van der Waals surface area contributed by atoms with Crippen LogP contribution in [0.25, 0.3) is 6.08 Å². The van der Waals surface area contributed by atoms with Gasteiger partial charge in [-0.25, -0.2) is 8.42 Å². The zero-order valence-corrected chi connectivity index (χ0v) is 13.5. The Kier molecular flexibility index (Phi) is 5.18. The molecule has 2 rings (SSSR count). The monoisotopic (exact) mass is 329 g/mol. The Labute approximate surface area is 128 Å². The van der Waals surface area contributed by atoms with Crippen molar-refractivity contribution in [1.29, 1.82) is 0 Å². The maximum Gasteiger partial charge on any atom is 0.246 e. The standard InChI is InChI=1S/C14H19NO4S2/c1-15(12-4-6-21(18,19)7-5-12)14(17)3-2-13-8-11(9-16)10-20-13/h2-3,8,10,12,16H,4-7,9H2,1H3/b3-2+. The lowest BCUT2D eigenvalue weighted by atomic mass is 10.1. The van der Waals surface area contributed by atoms with E-state index >= 15 is 0 Å². The van der Waals surface area contributed by atoms with Crippen LogP contribution in [0.3, 0.4) is 0 Å². The molecule has 0 unspecified atom stereocenters. The highest BCUT2D eigenvalue weighted by atomic mass is 32.2. The molecule has 7 heteroatoms. The van der Waals surface area contributed by atoms with Gasteiger partial charge in [0.25, 0.3) is 0 Å². The highest BCUT2D eigenvalue weighted by molar-refractivity contribution is 7.91. The van der Waals surface area contributed by atoms with Crippen LogP contribution in [0.1, 0.15) is 23.3 Å². The van der Waals surface area contributed by atoms with Crippen LogP contribution in [-0.2, 0) is 21.2 Å². The molecule has 1 amide bonds. The van der Waals surface area contributed by atoms with Crippen LogP contribution in [0.2, 0.25) is 0 Å². The molecule has 2 heterocycles. The molecule has 0 saturated carbocycles. The zero-order chi connectivity index (χ0) is 15.5. The fraction of sp³-hybridized carbons (Fsp3) is 0.500. The molecule has 1 aromatic rings. The summed E-state index contributed by atoms with van der Waals surface area (Å²) in [5.74, 6) is 0.186. The predicted octanol–water partition coefficient (Wildman–Crippen LogP) is 1.29. The molecule has 1 aliphatic heterocycles.